The lowest BCUT2D eigenvalue weighted by atomic mass is 10.2. The van der Waals surface area contributed by atoms with E-state index in [0.29, 0.717) is 6.04 Å². The summed E-state index contributed by atoms with van der Waals surface area (Å²) in [5.74, 6) is 0.755. The van der Waals surface area contributed by atoms with Crippen molar-refractivity contribution >= 4 is 0 Å². The van der Waals surface area contributed by atoms with Crippen molar-refractivity contribution in [2.24, 2.45) is 0 Å². The molecule has 1 atom stereocenters. The molecule has 0 aromatic carbocycles. The number of rotatable bonds is 4. The molecule has 0 spiro atoms. The van der Waals surface area contributed by atoms with Gasteiger partial charge in [0.05, 0.1) is 19.0 Å². The molecule has 4 heteroatoms. The van der Waals surface area contributed by atoms with Crippen molar-refractivity contribution in [3.8, 4) is 5.75 Å². The van der Waals surface area contributed by atoms with Crippen LogP contribution in [0.15, 0.2) is 18.7 Å². The molecule has 0 saturated carbocycles. The second-order valence-electron chi connectivity index (χ2n) is 3.50. The number of nitrogens with one attached hydrogen (secondary N) is 1. The first-order chi connectivity index (χ1) is 6.95. The average molecular weight is 193 g/mol. The van der Waals surface area contributed by atoms with E-state index in [1.807, 2.05) is 0 Å². The molecule has 0 bridgehead atoms. The van der Waals surface area contributed by atoms with Crippen LogP contribution in [0.25, 0.3) is 0 Å². The van der Waals surface area contributed by atoms with Gasteiger partial charge in [0.15, 0.2) is 5.75 Å². The van der Waals surface area contributed by atoms with Gasteiger partial charge in [0, 0.05) is 6.04 Å². The van der Waals surface area contributed by atoms with Crippen molar-refractivity contribution in [3.63, 3.8) is 0 Å². The summed E-state index contributed by atoms with van der Waals surface area (Å²) in [6.07, 6.45) is 8.51. The van der Waals surface area contributed by atoms with Crippen molar-refractivity contribution in [1.29, 1.82) is 0 Å². The van der Waals surface area contributed by atoms with Crippen LogP contribution in [0, 0.1) is 0 Å². The third-order valence-corrected chi connectivity index (χ3v) is 2.43. The molecule has 2 rings (SSSR count). The van der Waals surface area contributed by atoms with E-state index in [9.17, 15) is 0 Å². The molecule has 1 N–H and O–H groups in total. The Morgan fingerprint density at radius 3 is 3.00 bits per heavy atom. The van der Waals surface area contributed by atoms with Crippen molar-refractivity contribution in [1.82, 2.24) is 15.3 Å². The Morgan fingerprint density at radius 2 is 2.29 bits per heavy atom. The van der Waals surface area contributed by atoms with Gasteiger partial charge >= 0.3 is 0 Å². The minimum atomic E-state index is 0.639. The van der Waals surface area contributed by atoms with Crippen LogP contribution in [0.2, 0.25) is 0 Å². The van der Waals surface area contributed by atoms with E-state index in [-0.39, 0.29) is 0 Å². The SMILES string of the molecule is c1ncc(OCCC2CCCN2)cn1. The second kappa shape index (κ2) is 4.91. The van der Waals surface area contributed by atoms with Gasteiger partial charge in [-0.05, 0) is 25.8 Å². The minimum absolute atomic E-state index is 0.639. The topological polar surface area (TPSA) is 47.0 Å². The Kier molecular flexibility index (Phi) is 3.29. The highest BCUT2D eigenvalue weighted by Crippen LogP contribution is 2.10. The lowest BCUT2D eigenvalue weighted by Crippen LogP contribution is -2.23. The van der Waals surface area contributed by atoms with Crippen LogP contribution in [-0.2, 0) is 0 Å². The quantitative estimate of drug-likeness (QED) is 0.775. The van der Waals surface area contributed by atoms with Crippen LogP contribution in [0.1, 0.15) is 19.3 Å². The van der Waals surface area contributed by atoms with Crippen LogP contribution in [0.5, 0.6) is 5.75 Å². The molecule has 1 fully saturated rings. The molecule has 1 aromatic heterocycles. The summed E-state index contributed by atoms with van der Waals surface area (Å²) < 4.78 is 5.50. The maximum absolute atomic E-state index is 5.50. The first kappa shape index (κ1) is 9.40. The van der Waals surface area contributed by atoms with Gasteiger partial charge in [-0.15, -0.1) is 0 Å². The monoisotopic (exact) mass is 193 g/mol. The first-order valence-electron chi connectivity index (χ1n) is 5.06. The summed E-state index contributed by atoms with van der Waals surface area (Å²) >= 11 is 0. The molecular weight excluding hydrogens is 178 g/mol. The van der Waals surface area contributed by atoms with E-state index in [2.05, 4.69) is 15.3 Å². The summed E-state index contributed by atoms with van der Waals surface area (Å²) in [5, 5.41) is 3.43. The predicted molar refractivity (Wildman–Crippen MR) is 53.2 cm³/mol. The molecular formula is C10H15N3O. The number of ether oxygens (including phenoxy) is 1. The Bertz CT molecular complexity index is 259. The average Bonchev–Trinajstić information content (AvgIpc) is 2.72. The number of aromatic nitrogens is 2. The Balaban J connectivity index is 1.67. The van der Waals surface area contributed by atoms with Crippen LogP contribution in [0.3, 0.4) is 0 Å². The van der Waals surface area contributed by atoms with Crippen LogP contribution < -0.4 is 10.1 Å². The van der Waals surface area contributed by atoms with Gasteiger partial charge in [-0.1, -0.05) is 0 Å². The summed E-state index contributed by atoms with van der Waals surface area (Å²) in [6.45, 7) is 1.89. The molecule has 76 valence electrons. The van der Waals surface area contributed by atoms with E-state index in [1.54, 1.807) is 12.4 Å². The van der Waals surface area contributed by atoms with Crippen LogP contribution >= 0.6 is 0 Å². The van der Waals surface area contributed by atoms with Crippen LogP contribution in [-0.4, -0.2) is 29.2 Å². The maximum Gasteiger partial charge on any atom is 0.155 e. The fourth-order valence-electron chi connectivity index (χ4n) is 1.68. The van der Waals surface area contributed by atoms with Crippen molar-refractivity contribution in [2.45, 2.75) is 25.3 Å². The summed E-state index contributed by atoms with van der Waals surface area (Å²) in [6, 6.07) is 0.639. The van der Waals surface area contributed by atoms with E-state index < -0.39 is 0 Å². The minimum Gasteiger partial charge on any atom is -0.490 e. The van der Waals surface area contributed by atoms with E-state index >= 15 is 0 Å². The van der Waals surface area contributed by atoms with E-state index in [0.717, 1.165) is 25.3 Å². The fourth-order valence-corrected chi connectivity index (χ4v) is 1.68. The Hall–Kier alpha value is -1.16. The van der Waals surface area contributed by atoms with E-state index in [4.69, 9.17) is 4.74 Å². The van der Waals surface area contributed by atoms with Crippen molar-refractivity contribution < 1.29 is 4.74 Å². The van der Waals surface area contributed by atoms with E-state index in [1.165, 1.54) is 19.2 Å². The second-order valence-corrected chi connectivity index (χ2v) is 3.50. The molecule has 2 heterocycles. The van der Waals surface area contributed by atoms with Crippen molar-refractivity contribution in [3.05, 3.63) is 18.7 Å². The molecule has 14 heavy (non-hydrogen) atoms. The third-order valence-electron chi connectivity index (χ3n) is 2.43. The Morgan fingerprint density at radius 1 is 1.43 bits per heavy atom. The molecule has 1 aliphatic rings. The number of hydrogen-bond donors (Lipinski definition) is 1. The van der Waals surface area contributed by atoms with Gasteiger partial charge in [0.1, 0.15) is 6.33 Å². The van der Waals surface area contributed by atoms with Gasteiger partial charge in [-0.3, -0.25) is 0 Å². The highest BCUT2D eigenvalue weighted by atomic mass is 16.5. The van der Waals surface area contributed by atoms with Gasteiger partial charge in [-0.2, -0.15) is 0 Å². The van der Waals surface area contributed by atoms with Gasteiger partial charge < -0.3 is 10.1 Å². The summed E-state index contributed by atoms with van der Waals surface area (Å²) in [5.41, 5.74) is 0. The van der Waals surface area contributed by atoms with Gasteiger partial charge in [0.25, 0.3) is 0 Å². The molecule has 0 radical (unpaired) electrons. The summed E-state index contributed by atoms with van der Waals surface area (Å²) in [7, 11) is 0. The lowest BCUT2D eigenvalue weighted by Gasteiger charge is -2.10. The fraction of sp³-hybridized carbons (Fsp3) is 0.600. The first-order valence-corrected chi connectivity index (χ1v) is 5.06. The molecule has 1 aliphatic heterocycles. The smallest absolute Gasteiger partial charge is 0.155 e. The number of hydrogen-bond acceptors (Lipinski definition) is 4. The zero-order valence-electron chi connectivity index (χ0n) is 8.15. The molecule has 1 saturated heterocycles. The molecule has 4 nitrogen and oxygen atoms in total. The van der Waals surface area contributed by atoms with Crippen molar-refractivity contribution in [2.75, 3.05) is 13.2 Å². The molecule has 1 unspecified atom stereocenters. The van der Waals surface area contributed by atoms with Gasteiger partial charge in [-0.25, -0.2) is 9.97 Å². The summed E-state index contributed by atoms with van der Waals surface area (Å²) in [4.78, 5) is 7.77. The largest absolute Gasteiger partial charge is 0.490 e. The zero-order valence-corrected chi connectivity index (χ0v) is 8.15. The van der Waals surface area contributed by atoms with Crippen LogP contribution in [0.4, 0.5) is 0 Å². The molecule has 0 aliphatic carbocycles. The van der Waals surface area contributed by atoms with Gasteiger partial charge in [0.2, 0.25) is 0 Å². The number of nitrogens with zero attached hydrogens (tertiary/aromatic N) is 2. The molecule has 0 amide bonds. The molecule has 1 aromatic rings. The Labute approximate surface area is 83.7 Å². The zero-order chi connectivity index (χ0) is 9.64. The highest BCUT2D eigenvalue weighted by Gasteiger charge is 2.13. The maximum atomic E-state index is 5.50. The third kappa shape index (κ3) is 2.67. The standard InChI is InChI=1S/C10H15N3O/c1-2-9(13-4-1)3-5-14-10-6-11-8-12-7-10/h6-9,13H,1-5H2. The highest BCUT2D eigenvalue weighted by molar-refractivity contribution is 5.09. The predicted octanol–water partition coefficient (Wildman–Crippen LogP) is 0.997. The lowest BCUT2D eigenvalue weighted by molar-refractivity contribution is 0.290. The normalized spacial score (nSPS) is 21.0.